The van der Waals surface area contributed by atoms with Gasteiger partial charge in [-0.3, -0.25) is 9.20 Å². The third-order valence-corrected chi connectivity index (χ3v) is 5.29. The molecule has 0 aliphatic rings. The Labute approximate surface area is 149 Å². The third kappa shape index (κ3) is 1.54. The number of pyridine rings is 1. The Morgan fingerprint density at radius 2 is 1.54 bits per heavy atom. The van der Waals surface area contributed by atoms with Gasteiger partial charge in [-0.2, -0.15) is 0 Å². The second-order valence-corrected chi connectivity index (χ2v) is 6.66. The molecule has 118 valence electrons. The van der Waals surface area contributed by atoms with Crippen molar-refractivity contribution in [1.29, 1.82) is 0 Å². The maximum atomic E-state index is 13.4. The second kappa shape index (κ2) is 4.61. The van der Waals surface area contributed by atoms with Crippen LogP contribution in [0.25, 0.3) is 49.0 Å². The number of benzene rings is 4. The molecule has 2 radical (unpaired) electrons. The Kier molecular flexibility index (Phi) is 2.46. The fourth-order valence-electron chi connectivity index (χ4n) is 4.16. The lowest BCUT2D eigenvalue weighted by molar-refractivity contribution is 1.15. The Morgan fingerprint density at radius 3 is 2.42 bits per heavy atom. The first-order chi connectivity index (χ1) is 12.7. The third-order valence-electron chi connectivity index (χ3n) is 5.29. The first kappa shape index (κ1) is 13.8. The molecule has 0 spiro atoms. The van der Waals surface area contributed by atoms with E-state index < -0.39 is 0 Å². The standard InChI is InChI=1S/C22H11BN2O/c23-16-11-10-14-20-13(16)6-3-7-15(20)22(26)25-18-9-2-5-12-4-1-8-17(19(12)18)24-21(14)25/h1-11H. The van der Waals surface area contributed by atoms with Crippen molar-refractivity contribution >= 4 is 62.3 Å². The van der Waals surface area contributed by atoms with Crippen LogP contribution in [0.2, 0.25) is 0 Å². The van der Waals surface area contributed by atoms with E-state index in [4.69, 9.17) is 12.8 Å². The molecule has 0 saturated carbocycles. The molecular weight excluding hydrogens is 319 g/mol. The smallest absolute Gasteiger partial charge is 0.264 e. The fraction of sp³-hybridized carbons (Fsp3) is 0. The molecular formula is C22H11BN2O. The van der Waals surface area contributed by atoms with E-state index in [0.717, 1.165) is 38.0 Å². The van der Waals surface area contributed by atoms with Crippen LogP contribution >= 0.6 is 0 Å². The SMILES string of the molecule is [B]c1ccc2c3c1cccc3c(=O)n1c3cccc4cccc(nc21)c43. The molecule has 0 saturated heterocycles. The number of fused-ring (bicyclic) bond motifs is 3. The molecule has 6 aromatic rings. The van der Waals surface area contributed by atoms with Crippen LogP contribution in [0.5, 0.6) is 0 Å². The Balaban J connectivity index is 2.07. The van der Waals surface area contributed by atoms with Gasteiger partial charge in [0.05, 0.1) is 11.0 Å². The molecule has 0 amide bonds. The molecule has 6 rings (SSSR count). The lowest BCUT2D eigenvalue weighted by atomic mass is 9.87. The van der Waals surface area contributed by atoms with Gasteiger partial charge in [-0.15, -0.1) is 0 Å². The largest absolute Gasteiger partial charge is 0.268 e. The van der Waals surface area contributed by atoms with Crippen molar-refractivity contribution in [2.45, 2.75) is 0 Å². The van der Waals surface area contributed by atoms with Crippen molar-refractivity contribution in [3.8, 4) is 0 Å². The minimum Gasteiger partial charge on any atom is -0.268 e. The van der Waals surface area contributed by atoms with E-state index in [9.17, 15) is 4.79 Å². The predicted molar refractivity (Wildman–Crippen MR) is 108 cm³/mol. The maximum Gasteiger partial charge on any atom is 0.264 e. The molecule has 0 fully saturated rings. The van der Waals surface area contributed by atoms with Crippen molar-refractivity contribution in [2.24, 2.45) is 0 Å². The molecule has 3 nitrogen and oxygen atoms in total. The summed E-state index contributed by atoms with van der Waals surface area (Å²) in [5, 5.41) is 5.48. The molecule has 2 aromatic heterocycles. The van der Waals surface area contributed by atoms with E-state index in [1.807, 2.05) is 66.7 Å². The average molecular weight is 330 g/mol. The van der Waals surface area contributed by atoms with Gasteiger partial charge in [-0.25, -0.2) is 4.98 Å². The van der Waals surface area contributed by atoms with Gasteiger partial charge in [0.25, 0.3) is 5.56 Å². The van der Waals surface area contributed by atoms with Gasteiger partial charge in [-0.05, 0) is 29.0 Å². The quantitative estimate of drug-likeness (QED) is 0.243. The molecule has 0 unspecified atom stereocenters. The summed E-state index contributed by atoms with van der Waals surface area (Å²) in [6.07, 6.45) is 0. The molecule has 0 atom stereocenters. The van der Waals surface area contributed by atoms with Crippen molar-refractivity contribution in [3.05, 3.63) is 77.1 Å². The van der Waals surface area contributed by atoms with Crippen LogP contribution in [0.4, 0.5) is 0 Å². The van der Waals surface area contributed by atoms with Gasteiger partial charge in [0.1, 0.15) is 13.5 Å². The zero-order valence-electron chi connectivity index (χ0n) is 13.7. The lowest BCUT2D eigenvalue weighted by Gasteiger charge is -2.14. The van der Waals surface area contributed by atoms with E-state index in [1.54, 1.807) is 4.40 Å². The predicted octanol–water partition coefficient (Wildman–Crippen LogP) is 3.54. The van der Waals surface area contributed by atoms with Crippen LogP contribution in [0.15, 0.2) is 71.5 Å². The molecule has 4 heteroatoms. The molecule has 4 aromatic carbocycles. The highest BCUT2D eigenvalue weighted by Crippen LogP contribution is 2.31. The van der Waals surface area contributed by atoms with Gasteiger partial charge >= 0.3 is 0 Å². The summed E-state index contributed by atoms with van der Waals surface area (Å²) in [5.74, 6) is 0. The van der Waals surface area contributed by atoms with E-state index in [2.05, 4.69) is 0 Å². The highest BCUT2D eigenvalue weighted by molar-refractivity contribution is 6.41. The number of nitrogens with zero attached hydrogens (tertiary/aromatic N) is 2. The summed E-state index contributed by atoms with van der Waals surface area (Å²) in [5.41, 5.74) is 3.05. The van der Waals surface area contributed by atoms with E-state index in [-0.39, 0.29) is 5.56 Å². The zero-order chi connectivity index (χ0) is 17.4. The molecule has 0 N–H and O–H groups in total. The maximum absolute atomic E-state index is 13.4. The number of aromatic nitrogens is 2. The average Bonchev–Trinajstić information content (AvgIpc) is 2.67. The van der Waals surface area contributed by atoms with Crippen LogP contribution in [0.3, 0.4) is 0 Å². The van der Waals surface area contributed by atoms with Gasteiger partial charge in [0, 0.05) is 21.5 Å². The van der Waals surface area contributed by atoms with Crippen molar-refractivity contribution < 1.29 is 0 Å². The Bertz CT molecular complexity index is 1560. The molecule has 0 aliphatic heterocycles. The Morgan fingerprint density at radius 1 is 0.769 bits per heavy atom. The highest BCUT2D eigenvalue weighted by atomic mass is 16.1. The molecule has 0 bridgehead atoms. The zero-order valence-corrected chi connectivity index (χ0v) is 13.7. The van der Waals surface area contributed by atoms with Gasteiger partial charge < -0.3 is 0 Å². The van der Waals surface area contributed by atoms with E-state index >= 15 is 0 Å². The van der Waals surface area contributed by atoms with Crippen LogP contribution in [-0.4, -0.2) is 17.2 Å². The fourth-order valence-corrected chi connectivity index (χ4v) is 4.16. The molecule has 0 aliphatic carbocycles. The summed E-state index contributed by atoms with van der Waals surface area (Å²) < 4.78 is 1.74. The first-order valence-electron chi connectivity index (χ1n) is 8.50. The van der Waals surface area contributed by atoms with Gasteiger partial charge in [-0.1, -0.05) is 54.0 Å². The lowest BCUT2D eigenvalue weighted by Crippen LogP contribution is -2.17. The summed E-state index contributed by atoms with van der Waals surface area (Å²) in [7, 11) is 6.16. The number of hydrogen-bond acceptors (Lipinski definition) is 2. The number of rotatable bonds is 0. The second-order valence-electron chi connectivity index (χ2n) is 6.66. The van der Waals surface area contributed by atoms with E-state index in [1.165, 1.54) is 0 Å². The minimum absolute atomic E-state index is 0.0607. The van der Waals surface area contributed by atoms with Crippen molar-refractivity contribution in [1.82, 2.24) is 9.38 Å². The normalized spacial score (nSPS) is 12.2. The van der Waals surface area contributed by atoms with Crippen LogP contribution in [0, 0.1) is 0 Å². The first-order valence-corrected chi connectivity index (χ1v) is 8.50. The van der Waals surface area contributed by atoms with Crippen molar-refractivity contribution in [3.63, 3.8) is 0 Å². The number of hydrogen-bond donors (Lipinski definition) is 0. The monoisotopic (exact) mass is 330 g/mol. The topological polar surface area (TPSA) is 34.4 Å². The summed E-state index contributed by atoms with van der Waals surface area (Å²) >= 11 is 0. The summed E-state index contributed by atoms with van der Waals surface area (Å²) in [6, 6.07) is 21.6. The van der Waals surface area contributed by atoms with Crippen LogP contribution in [0.1, 0.15) is 0 Å². The van der Waals surface area contributed by atoms with E-state index in [0.29, 0.717) is 16.5 Å². The highest BCUT2D eigenvalue weighted by Gasteiger charge is 2.16. The minimum atomic E-state index is -0.0607. The van der Waals surface area contributed by atoms with Crippen LogP contribution < -0.4 is 11.0 Å². The molecule has 26 heavy (non-hydrogen) atoms. The van der Waals surface area contributed by atoms with Gasteiger partial charge in [0.2, 0.25) is 0 Å². The van der Waals surface area contributed by atoms with Crippen LogP contribution in [-0.2, 0) is 0 Å². The van der Waals surface area contributed by atoms with Crippen molar-refractivity contribution in [2.75, 3.05) is 0 Å². The molecule has 2 heterocycles. The summed E-state index contributed by atoms with van der Waals surface area (Å²) in [6.45, 7) is 0. The summed E-state index contributed by atoms with van der Waals surface area (Å²) in [4.78, 5) is 18.3. The van der Waals surface area contributed by atoms with Gasteiger partial charge in [0.15, 0.2) is 0 Å². The Hall–Kier alpha value is -3.40.